The molecule has 0 aliphatic rings. The fraction of sp³-hybridized carbons (Fsp3) is 0.364. The van der Waals surface area contributed by atoms with Gasteiger partial charge in [0.25, 0.3) is 6.43 Å². The van der Waals surface area contributed by atoms with Crippen LogP contribution in [0.25, 0.3) is 0 Å². The Morgan fingerprint density at radius 3 is 2.35 bits per heavy atom. The van der Waals surface area contributed by atoms with Gasteiger partial charge in [0.1, 0.15) is 5.92 Å². The van der Waals surface area contributed by atoms with E-state index in [1.165, 1.54) is 0 Å². The Labute approximate surface area is 104 Å². The molecule has 0 saturated carbocycles. The Hall–Kier alpha value is -1.20. The fourth-order valence-corrected chi connectivity index (χ4v) is 1.25. The van der Waals surface area contributed by atoms with Gasteiger partial charge in [-0.05, 0) is 5.56 Å². The summed E-state index contributed by atoms with van der Waals surface area (Å²) in [6.07, 6.45) is -2.85. The lowest BCUT2D eigenvalue weighted by Crippen LogP contribution is -2.33. The van der Waals surface area contributed by atoms with E-state index in [1.54, 1.807) is 0 Å². The predicted octanol–water partition coefficient (Wildman–Crippen LogP) is 2.16. The first-order chi connectivity index (χ1) is 7.61. The van der Waals surface area contributed by atoms with Crippen LogP contribution in [0.2, 0.25) is 0 Å². The van der Waals surface area contributed by atoms with Crippen LogP contribution < -0.4 is 5.32 Å². The molecule has 0 spiro atoms. The maximum atomic E-state index is 12.3. The minimum Gasteiger partial charge on any atom is -0.481 e. The maximum Gasteiger partial charge on any atom is 0.313 e. The molecule has 0 amide bonds. The summed E-state index contributed by atoms with van der Waals surface area (Å²) in [6, 6.07) is 9.19. The summed E-state index contributed by atoms with van der Waals surface area (Å²) in [4.78, 5) is 10.5. The van der Waals surface area contributed by atoms with Gasteiger partial charge in [-0.25, -0.2) is 8.78 Å². The van der Waals surface area contributed by atoms with E-state index in [4.69, 9.17) is 5.11 Å². The number of carboxylic acid groups (broad SMARTS) is 1. The molecule has 0 fully saturated rings. The SMILES string of the molecule is Cl.O=C(O)[C@@H](CNCc1ccccc1)C(F)F. The summed E-state index contributed by atoms with van der Waals surface area (Å²) in [6.45, 7) is 0.152. The van der Waals surface area contributed by atoms with Crippen molar-refractivity contribution in [3.05, 3.63) is 35.9 Å². The Bertz CT molecular complexity index is 336. The molecule has 0 heterocycles. The maximum absolute atomic E-state index is 12.3. The zero-order chi connectivity index (χ0) is 12.0. The predicted molar refractivity (Wildman–Crippen MR) is 62.5 cm³/mol. The number of nitrogens with one attached hydrogen (secondary N) is 1. The number of halogens is 3. The lowest BCUT2D eigenvalue weighted by Gasteiger charge is -2.12. The smallest absolute Gasteiger partial charge is 0.313 e. The quantitative estimate of drug-likeness (QED) is 0.829. The van der Waals surface area contributed by atoms with Crippen molar-refractivity contribution in [2.75, 3.05) is 6.54 Å². The Balaban J connectivity index is 0.00000256. The molecule has 0 saturated heterocycles. The summed E-state index contributed by atoms with van der Waals surface area (Å²) in [7, 11) is 0. The Kier molecular flexibility index (Phi) is 7.41. The fourth-order valence-electron chi connectivity index (χ4n) is 1.25. The van der Waals surface area contributed by atoms with E-state index in [0.717, 1.165) is 5.56 Å². The topological polar surface area (TPSA) is 49.3 Å². The third-order valence-electron chi connectivity index (χ3n) is 2.16. The summed E-state index contributed by atoms with van der Waals surface area (Å²) in [5.41, 5.74) is 0.931. The van der Waals surface area contributed by atoms with Crippen LogP contribution in [0.3, 0.4) is 0 Å². The number of carbonyl (C=O) groups is 1. The van der Waals surface area contributed by atoms with Crippen LogP contribution in [0, 0.1) is 5.92 Å². The van der Waals surface area contributed by atoms with Crippen molar-refractivity contribution in [3.8, 4) is 0 Å². The van der Waals surface area contributed by atoms with Crippen molar-refractivity contribution < 1.29 is 18.7 Å². The highest BCUT2D eigenvalue weighted by atomic mass is 35.5. The van der Waals surface area contributed by atoms with Gasteiger partial charge in [-0.3, -0.25) is 4.79 Å². The van der Waals surface area contributed by atoms with E-state index in [-0.39, 0.29) is 19.0 Å². The van der Waals surface area contributed by atoms with Crippen molar-refractivity contribution in [2.24, 2.45) is 5.92 Å². The van der Waals surface area contributed by atoms with Crippen molar-refractivity contribution in [1.29, 1.82) is 0 Å². The number of benzene rings is 1. The zero-order valence-electron chi connectivity index (χ0n) is 8.98. The normalized spacial score (nSPS) is 11.9. The molecule has 0 aliphatic heterocycles. The molecule has 0 bridgehead atoms. The Morgan fingerprint density at radius 1 is 1.29 bits per heavy atom. The highest BCUT2D eigenvalue weighted by Crippen LogP contribution is 2.09. The van der Waals surface area contributed by atoms with Gasteiger partial charge in [-0.15, -0.1) is 12.4 Å². The lowest BCUT2D eigenvalue weighted by molar-refractivity contribution is -0.146. The van der Waals surface area contributed by atoms with E-state index in [2.05, 4.69) is 5.32 Å². The first-order valence-electron chi connectivity index (χ1n) is 4.87. The zero-order valence-corrected chi connectivity index (χ0v) is 9.79. The van der Waals surface area contributed by atoms with Gasteiger partial charge in [0, 0.05) is 13.1 Å². The molecule has 0 aliphatic carbocycles. The molecule has 1 aromatic rings. The van der Waals surface area contributed by atoms with Crippen LogP contribution in [0.1, 0.15) is 5.56 Å². The second-order valence-corrected chi connectivity index (χ2v) is 3.40. The third kappa shape index (κ3) is 5.60. The van der Waals surface area contributed by atoms with Crippen LogP contribution >= 0.6 is 12.4 Å². The highest BCUT2D eigenvalue weighted by Gasteiger charge is 2.27. The molecule has 3 nitrogen and oxygen atoms in total. The molecule has 2 N–H and O–H groups in total. The molecule has 0 radical (unpaired) electrons. The second kappa shape index (κ2) is 7.97. The largest absolute Gasteiger partial charge is 0.481 e. The van der Waals surface area contributed by atoms with Gasteiger partial charge in [0.15, 0.2) is 0 Å². The van der Waals surface area contributed by atoms with Crippen LogP contribution in [0.5, 0.6) is 0 Å². The van der Waals surface area contributed by atoms with Gasteiger partial charge in [0.2, 0.25) is 0 Å². The monoisotopic (exact) mass is 265 g/mol. The van der Waals surface area contributed by atoms with Crippen molar-refractivity contribution in [1.82, 2.24) is 5.32 Å². The summed E-state index contributed by atoms with van der Waals surface area (Å²) < 4.78 is 24.5. The molecule has 0 unspecified atom stereocenters. The molecule has 1 rings (SSSR count). The van der Waals surface area contributed by atoms with Crippen LogP contribution in [0.15, 0.2) is 30.3 Å². The minimum atomic E-state index is -2.85. The number of hydrogen-bond acceptors (Lipinski definition) is 2. The van der Waals surface area contributed by atoms with E-state index in [1.807, 2.05) is 30.3 Å². The average molecular weight is 266 g/mol. The lowest BCUT2D eigenvalue weighted by atomic mass is 10.1. The standard InChI is InChI=1S/C11H13F2NO2.ClH/c12-10(13)9(11(15)16)7-14-6-8-4-2-1-3-5-8;/h1-5,9-10,14H,6-7H2,(H,15,16);1H/t9-;/m0./s1. The Morgan fingerprint density at radius 2 is 1.88 bits per heavy atom. The number of hydrogen-bond donors (Lipinski definition) is 2. The molecule has 6 heteroatoms. The van der Waals surface area contributed by atoms with Gasteiger partial charge >= 0.3 is 5.97 Å². The average Bonchev–Trinajstić information content (AvgIpc) is 2.24. The van der Waals surface area contributed by atoms with Crippen molar-refractivity contribution >= 4 is 18.4 Å². The third-order valence-corrected chi connectivity index (χ3v) is 2.16. The van der Waals surface area contributed by atoms with Crippen LogP contribution in [-0.2, 0) is 11.3 Å². The minimum absolute atomic E-state index is 0. The summed E-state index contributed by atoms with van der Waals surface area (Å²) >= 11 is 0. The first kappa shape index (κ1) is 15.8. The summed E-state index contributed by atoms with van der Waals surface area (Å²) in [5, 5.41) is 11.2. The number of carboxylic acids is 1. The molecule has 96 valence electrons. The summed E-state index contributed by atoms with van der Waals surface area (Å²) in [5.74, 6) is -3.13. The van der Waals surface area contributed by atoms with Crippen LogP contribution in [-0.4, -0.2) is 24.0 Å². The molecule has 1 atom stereocenters. The van der Waals surface area contributed by atoms with Gasteiger partial charge in [-0.2, -0.15) is 0 Å². The van der Waals surface area contributed by atoms with E-state index >= 15 is 0 Å². The second-order valence-electron chi connectivity index (χ2n) is 3.40. The molecule has 0 aromatic heterocycles. The van der Waals surface area contributed by atoms with E-state index in [0.29, 0.717) is 6.54 Å². The molecular formula is C11H14ClF2NO2. The number of rotatable bonds is 6. The van der Waals surface area contributed by atoms with E-state index < -0.39 is 18.3 Å². The molecule has 17 heavy (non-hydrogen) atoms. The van der Waals surface area contributed by atoms with Crippen LogP contribution in [0.4, 0.5) is 8.78 Å². The van der Waals surface area contributed by atoms with Crippen molar-refractivity contribution in [2.45, 2.75) is 13.0 Å². The first-order valence-corrected chi connectivity index (χ1v) is 4.87. The number of alkyl halides is 2. The molecular weight excluding hydrogens is 252 g/mol. The molecule has 1 aromatic carbocycles. The van der Waals surface area contributed by atoms with Gasteiger partial charge in [0.05, 0.1) is 0 Å². The van der Waals surface area contributed by atoms with Gasteiger partial charge in [-0.1, -0.05) is 30.3 Å². The van der Waals surface area contributed by atoms with Crippen molar-refractivity contribution in [3.63, 3.8) is 0 Å². The number of aliphatic carboxylic acids is 1. The van der Waals surface area contributed by atoms with E-state index in [9.17, 15) is 13.6 Å². The van der Waals surface area contributed by atoms with Gasteiger partial charge < -0.3 is 10.4 Å². The highest BCUT2D eigenvalue weighted by molar-refractivity contribution is 5.85.